The van der Waals surface area contributed by atoms with Gasteiger partial charge in [0.1, 0.15) is 195 Å². The molecule has 8 heterocycles. The molecule has 0 bridgehead atoms. The number of rotatable bonds is 23. The predicted molar refractivity (Wildman–Crippen MR) is 276 cm³/mol. The summed E-state index contributed by atoms with van der Waals surface area (Å²) in [5.41, 5.74) is 0. The van der Waals surface area contributed by atoms with Gasteiger partial charge in [0, 0.05) is 6.92 Å². The molecule has 40 atom stereocenters. The van der Waals surface area contributed by atoms with Gasteiger partial charge in [-0.1, -0.05) is 0 Å². The van der Waals surface area contributed by atoms with E-state index in [-0.39, 0.29) is 0 Å². The molecule has 26 N–H and O–H groups in total. The Bertz CT molecular complexity index is 2260. The molecule has 0 aromatic carbocycles. The van der Waals surface area contributed by atoms with Crippen molar-refractivity contribution >= 4 is 5.91 Å². The molecule has 0 radical (unpaired) electrons. The van der Waals surface area contributed by atoms with Gasteiger partial charge in [0.25, 0.3) is 0 Å². The molecule has 8 aliphatic heterocycles. The van der Waals surface area contributed by atoms with E-state index in [1.165, 1.54) is 0 Å². The number of hydrogen-bond donors (Lipinski definition) is 26. The van der Waals surface area contributed by atoms with E-state index in [9.17, 15) is 132 Å². The number of aliphatic hydroxyl groups excluding tert-OH is 25. The molecule has 0 saturated carbocycles. The molecule has 536 valence electrons. The van der Waals surface area contributed by atoms with Crippen LogP contribution in [0.15, 0.2) is 0 Å². The SMILES string of the molecule is CC(=O)NC1C(O)OC(CO)C(OC2OC(COC3OC(COC4OC(CO)C(O)C(O)C4O)C(O)C(OC4OC(CO)C(O)C(O)C4O)C3O)C(O)C(OC3OC(CO)C(O)C(O)C3OC3OC(CO)C(O)C(O)C3OC3OC(CO)C(O)C(O)C3O)C2O)C1O. The molecule has 8 aliphatic rings. The van der Waals surface area contributed by atoms with Crippen molar-refractivity contribution in [2.75, 3.05) is 52.9 Å². The Kier molecular flexibility index (Phi) is 26.9. The summed E-state index contributed by atoms with van der Waals surface area (Å²) in [5.74, 6) is -0.829. The zero-order chi connectivity index (χ0) is 67.6. The van der Waals surface area contributed by atoms with Crippen LogP contribution in [0.2, 0.25) is 0 Å². The van der Waals surface area contributed by atoms with Crippen molar-refractivity contribution < 1.29 is 204 Å². The molecule has 40 unspecified atom stereocenters. The van der Waals surface area contributed by atoms with E-state index >= 15 is 0 Å². The highest BCUT2D eigenvalue weighted by Gasteiger charge is 2.59. The zero-order valence-corrected chi connectivity index (χ0v) is 48.5. The van der Waals surface area contributed by atoms with E-state index in [0.29, 0.717) is 0 Å². The second kappa shape index (κ2) is 32.7. The van der Waals surface area contributed by atoms with E-state index in [1.54, 1.807) is 0 Å². The lowest BCUT2D eigenvalue weighted by Gasteiger charge is -2.50. The summed E-state index contributed by atoms with van der Waals surface area (Å²) in [4.78, 5) is 12.2. The van der Waals surface area contributed by atoms with Gasteiger partial charge in [-0.15, -0.1) is 0 Å². The summed E-state index contributed by atoms with van der Waals surface area (Å²) >= 11 is 0. The second-order valence-corrected chi connectivity index (χ2v) is 23.2. The first kappa shape index (κ1) is 75.6. The Hall–Kier alpha value is -2.13. The maximum Gasteiger partial charge on any atom is 0.217 e. The largest absolute Gasteiger partial charge is 0.394 e. The topological polar surface area (TPSA) is 673 Å². The summed E-state index contributed by atoms with van der Waals surface area (Å²) in [5, 5.41) is 273. The summed E-state index contributed by atoms with van der Waals surface area (Å²) in [7, 11) is 0. The lowest BCUT2D eigenvalue weighted by molar-refractivity contribution is -0.407. The third kappa shape index (κ3) is 16.0. The van der Waals surface area contributed by atoms with E-state index in [4.69, 9.17) is 71.1 Å². The van der Waals surface area contributed by atoms with Gasteiger partial charge in [-0.3, -0.25) is 4.79 Å². The molecule has 0 aliphatic carbocycles. The van der Waals surface area contributed by atoms with Crippen LogP contribution in [-0.4, -0.2) is 432 Å². The Morgan fingerprint density at radius 3 is 0.967 bits per heavy atom. The highest BCUT2D eigenvalue weighted by molar-refractivity contribution is 5.73. The van der Waals surface area contributed by atoms with Crippen LogP contribution in [-0.2, 0) is 75.8 Å². The van der Waals surface area contributed by atoms with E-state index in [1.807, 2.05) is 0 Å². The fraction of sp³-hybridized carbons (Fsp3) is 0.980. The number of aliphatic hydroxyl groups is 25. The van der Waals surface area contributed by atoms with Crippen molar-refractivity contribution in [2.24, 2.45) is 0 Å². The van der Waals surface area contributed by atoms with Gasteiger partial charge in [0.05, 0.1) is 52.9 Å². The first-order chi connectivity index (χ1) is 43.5. The fourth-order valence-corrected chi connectivity index (χ4v) is 11.6. The third-order valence-corrected chi connectivity index (χ3v) is 17.0. The third-order valence-electron chi connectivity index (χ3n) is 17.0. The number of carbonyl (C=O) groups excluding carboxylic acids is 1. The molecule has 92 heavy (non-hydrogen) atoms. The smallest absolute Gasteiger partial charge is 0.217 e. The second-order valence-electron chi connectivity index (χ2n) is 23.2. The summed E-state index contributed by atoms with van der Waals surface area (Å²) in [6, 6.07) is -1.73. The van der Waals surface area contributed by atoms with Gasteiger partial charge in [-0.2, -0.15) is 0 Å². The molecule has 1 amide bonds. The zero-order valence-electron chi connectivity index (χ0n) is 48.5. The van der Waals surface area contributed by atoms with Gasteiger partial charge >= 0.3 is 0 Å². The maximum absolute atomic E-state index is 12.3. The number of hydrogen-bond acceptors (Lipinski definition) is 41. The first-order valence-electron chi connectivity index (χ1n) is 29.2. The molecule has 0 aromatic rings. The minimum absolute atomic E-state index is 0.829. The minimum Gasteiger partial charge on any atom is -0.394 e. The molecule has 0 aromatic heterocycles. The molecule has 8 saturated heterocycles. The molecule has 8 rings (SSSR count). The van der Waals surface area contributed by atoms with Crippen molar-refractivity contribution in [3.63, 3.8) is 0 Å². The van der Waals surface area contributed by atoms with Gasteiger partial charge in [0.2, 0.25) is 5.91 Å². The Morgan fingerprint density at radius 2 is 0.565 bits per heavy atom. The minimum atomic E-state index is -2.46. The summed E-state index contributed by atoms with van der Waals surface area (Å²) in [6.07, 6.45) is -80.8. The lowest BCUT2D eigenvalue weighted by Crippen LogP contribution is -2.69. The highest BCUT2D eigenvalue weighted by Crippen LogP contribution is 2.38. The average Bonchev–Trinajstić information content (AvgIpc) is 0.798. The van der Waals surface area contributed by atoms with E-state index < -0.39 is 304 Å². The number of ether oxygens (including phenoxy) is 15. The predicted octanol–water partition coefficient (Wildman–Crippen LogP) is -18.3. The number of nitrogens with one attached hydrogen (secondary N) is 1. The van der Waals surface area contributed by atoms with Crippen LogP contribution < -0.4 is 5.32 Å². The molecule has 42 heteroatoms. The standard InChI is InChI=1S/C50H85NO41/c1-10(58)51-19-27(66)38(16(7-57)80-43(19)77)88-48-37(76)40(90-49-42(32(71)24(63)14(5-55)84-49)92-50-41(31(70)23(62)15(6-56)85-50)91-47-35(74)30(69)22(61)13(4-54)83-47)26(65)18(87-48)9-79-45-36(75)39(89-46-34(73)29(68)21(60)12(3-53)82-46)25(64)17(86-45)8-78-44-33(72)28(67)20(59)11(2-52)81-44/h11-50,52-57,59-77H,2-9H2,1H3,(H,51,58). The van der Waals surface area contributed by atoms with Crippen LogP contribution in [0.25, 0.3) is 0 Å². The highest BCUT2D eigenvalue weighted by atomic mass is 16.8. The van der Waals surface area contributed by atoms with Crippen LogP contribution in [0.3, 0.4) is 0 Å². The lowest BCUT2D eigenvalue weighted by atomic mass is 9.94. The molecule has 42 nitrogen and oxygen atoms in total. The van der Waals surface area contributed by atoms with Crippen molar-refractivity contribution in [1.82, 2.24) is 5.32 Å². The molecule has 8 fully saturated rings. The van der Waals surface area contributed by atoms with Crippen molar-refractivity contribution in [2.45, 2.75) is 253 Å². The maximum atomic E-state index is 12.3. The van der Waals surface area contributed by atoms with Gasteiger partial charge < -0.3 is 204 Å². The van der Waals surface area contributed by atoms with E-state index in [0.717, 1.165) is 6.92 Å². The monoisotopic (exact) mass is 1360 g/mol. The van der Waals surface area contributed by atoms with Crippen LogP contribution in [0.5, 0.6) is 0 Å². The number of amides is 1. The van der Waals surface area contributed by atoms with Crippen molar-refractivity contribution in [1.29, 1.82) is 0 Å². The average molecular weight is 1360 g/mol. The quantitative estimate of drug-likeness (QED) is 0.0452. The first-order valence-corrected chi connectivity index (χ1v) is 29.2. The Balaban J connectivity index is 1.11. The molecule has 0 spiro atoms. The van der Waals surface area contributed by atoms with Gasteiger partial charge in [-0.05, 0) is 0 Å². The summed E-state index contributed by atoms with van der Waals surface area (Å²) < 4.78 is 86.1. The van der Waals surface area contributed by atoms with Crippen LogP contribution in [0, 0.1) is 0 Å². The fourth-order valence-electron chi connectivity index (χ4n) is 11.6. The molecular formula is C50H85NO41. The van der Waals surface area contributed by atoms with Crippen molar-refractivity contribution in [3.05, 3.63) is 0 Å². The summed E-state index contributed by atoms with van der Waals surface area (Å²) in [6.45, 7) is -7.26. The van der Waals surface area contributed by atoms with Gasteiger partial charge in [-0.25, -0.2) is 0 Å². The van der Waals surface area contributed by atoms with E-state index in [2.05, 4.69) is 5.32 Å². The van der Waals surface area contributed by atoms with Gasteiger partial charge in [0.15, 0.2) is 50.3 Å². The van der Waals surface area contributed by atoms with Crippen LogP contribution in [0.1, 0.15) is 6.92 Å². The Morgan fingerprint density at radius 1 is 0.283 bits per heavy atom. The molecular weight excluding hydrogens is 1270 g/mol. The number of carbonyl (C=O) groups is 1. The van der Waals surface area contributed by atoms with Crippen LogP contribution in [0.4, 0.5) is 0 Å². The van der Waals surface area contributed by atoms with Crippen LogP contribution >= 0.6 is 0 Å². The normalized spacial score (nSPS) is 52.2. The van der Waals surface area contributed by atoms with Crippen molar-refractivity contribution in [3.8, 4) is 0 Å². The Labute approximate surface area is 519 Å².